The number of urea groups is 1. The summed E-state index contributed by atoms with van der Waals surface area (Å²) in [6.45, 7) is 5.73. The second-order valence-electron chi connectivity index (χ2n) is 10.7. The molecule has 0 saturated carbocycles. The van der Waals surface area contributed by atoms with Crippen LogP contribution in [0.15, 0.2) is 42.7 Å². The average Bonchev–Trinajstić information content (AvgIpc) is 2.99. The number of carbonyl (C=O) groups is 1. The monoisotopic (exact) mass is 619 g/mol. The van der Waals surface area contributed by atoms with Crippen molar-refractivity contribution < 1.29 is 31.6 Å². The van der Waals surface area contributed by atoms with E-state index in [2.05, 4.69) is 43.3 Å². The summed E-state index contributed by atoms with van der Waals surface area (Å²) in [4.78, 5) is 26.3. The van der Waals surface area contributed by atoms with E-state index in [9.17, 15) is 18.0 Å². The van der Waals surface area contributed by atoms with E-state index in [-0.39, 0.29) is 23.3 Å². The van der Waals surface area contributed by atoms with Gasteiger partial charge in [0, 0.05) is 24.7 Å². The Balaban J connectivity index is 1.29. The SMILES string of the molecule is CC(C)(OS)OCCCCOc1cc(NC(=O)N2c3nc(-c4cccc(C(F)(F)F)c4)ncc3N3CCC[C@H]2C3)cnn1. The van der Waals surface area contributed by atoms with Crippen LogP contribution in [-0.4, -0.2) is 64.3 Å². The van der Waals surface area contributed by atoms with Gasteiger partial charge in [0.15, 0.2) is 17.4 Å². The fourth-order valence-electron chi connectivity index (χ4n) is 4.95. The van der Waals surface area contributed by atoms with Gasteiger partial charge >= 0.3 is 12.2 Å². The van der Waals surface area contributed by atoms with Gasteiger partial charge in [-0.3, -0.25) is 9.08 Å². The number of nitrogens with zero attached hydrogens (tertiary/aromatic N) is 6. The van der Waals surface area contributed by atoms with Crippen LogP contribution in [0, 0.1) is 0 Å². The van der Waals surface area contributed by atoms with Gasteiger partial charge in [0.2, 0.25) is 5.88 Å². The quantitative estimate of drug-likeness (QED) is 0.127. The Morgan fingerprint density at radius 2 is 1.98 bits per heavy atom. The second kappa shape index (κ2) is 12.9. The number of unbranched alkanes of at least 4 members (excludes halogenated alkanes) is 1. The Bertz CT molecular complexity index is 1450. The molecule has 2 aromatic heterocycles. The van der Waals surface area contributed by atoms with Crippen molar-refractivity contribution in [1.82, 2.24) is 20.2 Å². The van der Waals surface area contributed by atoms with E-state index in [4.69, 9.17) is 13.7 Å². The highest BCUT2D eigenvalue weighted by molar-refractivity contribution is 7.75. The maximum Gasteiger partial charge on any atom is 0.416 e. The molecule has 0 spiro atoms. The van der Waals surface area contributed by atoms with Gasteiger partial charge in [-0.25, -0.2) is 14.8 Å². The Morgan fingerprint density at radius 1 is 1.16 bits per heavy atom. The highest BCUT2D eigenvalue weighted by Crippen LogP contribution is 2.39. The molecule has 230 valence electrons. The van der Waals surface area contributed by atoms with Crippen molar-refractivity contribution in [2.75, 3.05) is 41.4 Å². The first kappa shape index (κ1) is 30.8. The normalized spacial score (nSPS) is 16.6. The number of thiol groups is 1. The number of piperidine rings is 1. The average molecular weight is 620 g/mol. The molecule has 1 aromatic carbocycles. The van der Waals surface area contributed by atoms with Gasteiger partial charge in [-0.2, -0.15) is 18.3 Å². The number of carbonyl (C=O) groups excluding carboxylic acids is 1. The summed E-state index contributed by atoms with van der Waals surface area (Å²) in [6, 6.07) is 5.76. The molecule has 11 nitrogen and oxygen atoms in total. The lowest BCUT2D eigenvalue weighted by atomic mass is 10.0. The standard InChI is InChI=1S/C28H32F3N7O4S/c1-27(2,42-43)41-12-4-3-11-40-23-14-20(15-33-36-23)34-26(39)38-21-9-6-10-37(17-21)22-16-32-24(35-25(22)38)18-7-5-8-19(13-18)28(29,30)31/h5,7-8,13-16,21,43H,3-4,6,9-12,17H2,1-2H3,(H,34,36,39)/t21-/m0/s1. The highest BCUT2D eigenvalue weighted by Gasteiger charge is 2.39. The minimum absolute atomic E-state index is 0.0946. The first-order valence-corrected chi connectivity index (χ1v) is 14.2. The van der Waals surface area contributed by atoms with E-state index < -0.39 is 23.6 Å². The molecule has 1 atom stereocenters. The van der Waals surface area contributed by atoms with Gasteiger partial charge in [0.05, 0.1) is 48.6 Å². The van der Waals surface area contributed by atoms with E-state index in [0.717, 1.165) is 37.9 Å². The summed E-state index contributed by atoms with van der Waals surface area (Å²) < 4.78 is 56.2. The lowest BCUT2D eigenvalue weighted by molar-refractivity contribution is -0.146. The third kappa shape index (κ3) is 7.46. The zero-order valence-electron chi connectivity index (χ0n) is 23.7. The summed E-state index contributed by atoms with van der Waals surface area (Å²) in [5, 5.41) is 10.8. The fourth-order valence-corrected chi connectivity index (χ4v) is 5.01. The van der Waals surface area contributed by atoms with E-state index in [1.165, 1.54) is 18.3 Å². The number of benzene rings is 1. The number of aromatic nitrogens is 4. The van der Waals surface area contributed by atoms with Gasteiger partial charge in [0.25, 0.3) is 0 Å². The molecule has 1 N–H and O–H groups in total. The largest absolute Gasteiger partial charge is 0.477 e. The predicted molar refractivity (Wildman–Crippen MR) is 156 cm³/mol. The van der Waals surface area contributed by atoms with Gasteiger partial charge in [0.1, 0.15) is 0 Å². The third-order valence-electron chi connectivity index (χ3n) is 7.09. The molecule has 0 aliphatic carbocycles. The van der Waals surface area contributed by atoms with Gasteiger partial charge in [-0.15, -0.1) is 5.10 Å². The minimum Gasteiger partial charge on any atom is -0.477 e. The van der Waals surface area contributed by atoms with Gasteiger partial charge in [-0.1, -0.05) is 12.1 Å². The number of ether oxygens (including phenoxy) is 2. The van der Waals surface area contributed by atoms with E-state index in [1.807, 2.05) is 0 Å². The van der Waals surface area contributed by atoms with Crippen LogP contribution in [-0.2, 0) is 15.1 Å². The molecule has 2 aliphatic rings. The maximum atomic E-state index is 13.7. The molecule has 15 heteroatoms. The molecule has 5 rings (SSSR count). The second-order valence-corrected chi connectivity index (χ2v) is 10.9. The molecule has 3 aromatic rings. The van der Waals surface area contributed by atoms with Crippen LogP contribution in [0.2, 0.25) is 0 Å². The van der Waals surface area contributed by atoms with Crippen LogP contribution < -0.4 is 19.9 Å². The molecule has 1 saturated heterocycles. The summed E-state index contributed by atoms with van der Waals surface area (Å²) in [5.74, 6) is -0.103. The van der Waals surface area contributed by atoms with E-state index in [0.29, 0.717) is 43.4 Å². The molecule has 1 fully saturated rings. The summed E-state index contributed by atoms with van der Waals surface area (Å²) in [7, 11) is 0. The highest BCUT2D eigenvalue weighted by atomic mass is 32.1. The molecular weight excluding hydrogens is 587 g/mol. The maximum absolute atomic E-state index is 13.7. The molecular formula is C28H32F3N7O4S. The van der Waals surface area contributed by atoms with Crippen molar-refractivity contribution in [3.8, 4) is 17.3 Å². The first-order valence-electron chi connectivity index (χ1n) is 13.9. The molecule has 4 heterocycles. The van der Waals surface area contributed by atoms with Crippen LogP contribution in [0.3, 0.4) is 0 Å². The van der Waals surface area contributed by atoms with Crippen molar-refractivity contribution in [2.45, 2.75) is 57.5 Å². The first-order chi connectivity index (χ1) is 20.5. The number of rotatable bonds is 10. The van der Waals surface area contributed by atoms with Crippen molar-refractivity contribution in [1.29, 1.82) is 0 Å². The van der Waals surface area contributed by atoms with Gasteiger partial charge in [-0.05, 0) is 64.6 Å². The lowest BCUT2D eigenvalue weighted by Gasteiger charge is -2.45. The summed E-state index contributed by atoms with van der Waals surface area (Å²) >= 11 is 3.78. The van der Waals surface area contributed by atoms with E-state index in [1.54, 1.807) is 31.0 Å². The summed E-state index contributed by atoms with van der Waals surface area (Å²) in [6.07, 6.45) is 1.49. The van der Waals surface area contributed by atoms with Crippen LogP contribution in [0.1, 0.15) is 45.1 Å². The smallest absolute Gasteiger partial charge is 0.416 e. The third-order valence-corrected chi connectivity index (χ3v) is 7.53. The lowest BCUT2D eigenvalue weighted by Crippen LogP contribution is -2.56. The molecule has 2 aliphatic heterocycles. The number of alkyl halides is 3. The topological polar surface area (TPSA) is 115 Å². The van der Waals surface area contributed by atoms with Crippen molar-refractivity contribution in [3.63, 3.8) is 0 Å². The number of hydrogen-bond donors (Lipinski definition) is 2. The summed E-state index contributed by atoms with van der Waals surface area (Å²) in [5.41, 5.74) is 0.421. The Hall–Kier alpha value is -3.69. The Kier molecular flexibility index (Phi) is 9.22. The Morgan fingerprint density at radius 3 is 2.77 bits per heavy atom. The zero-order valence-corrected chi connectivity index (χ0v) is 24.6. The van der Waals surface area contributed by atoms with Crippen LogP contribution in [0.5, 0.6) is 5.88 Å². The number of amides is 2. The molecule has 2 bridgehead atoms. The van der Waals surface area contributed by atoms with Gasteiger partial charge < -0.3 is 19.7 Å². The number of hydrogen-bond acceptors (Lipinski definition) is 10. The van der Waals surface area contributed by atoms with Crippen LogP contribution in [0.4, 0.5) is 35.2 Å². The molecule has 2 amide bonds. The number of halogens is 3. The fraction of sp³-hybridized carbons (Fsp3) is 0.464. The molecule has 0 unspecified atom stereocenters. The van der Waals surface area contributed by atoms with Crippen molar-refractivity contribution in [3.05, 3.63) is 48.3 Å². The minimum atomic E-state index is -4.51. The van der Waals surface area contributed by atoms with E-state index >= 15 is 0 Å². The Labute approximate surface area is 252 Å². The number of nitrogens with one attached hydrogen (secondary N) is 1. The van der Waals surface area contributed by atoms with Crippen molar-refractivity contribution in [2.24, 2.45) is 0 Å². The predicted octanol–water partition coefficient (Wildman–Crippen LogP) is 5.75. The molecule has 0 radical (unpaired) electrons. The number of anilines is 3. The molecule has 43 heavy (non-hydrogen) atoms. The van der Waals surface area contributed by atoms with Crippen LogP contribution >= 0.6 is 12.9 Å². The zero-order chi connectivity index (χ0) is 30.6. The van der Waals surface area contributed by atoms with Crippen molar-refractivity contribution >= 4 is 36.1 Å². The van der Waals surface area contributed by atoms with Crippen LogP contribution in [0.25, 0.3) is 11.4 Å². The number of fused-ring (bicyclic) bond motifs is 4.